The normalized spacial score (nSPS) is 11.8. The molecule has 12 heavy (non-hydrogen) atoms. The summed E-state index contributed by atoms with van der Waals surface area (Å²) >= 11 is 0. The van der Waals surface area contributed by atoms with E-state index < -0.39 is 0 Å². The SMILES string of the molecule is CC(N)=Nc1ccc(C)c(C)c1. The van der Waals surface area contributed by atoms with Gasteiger partial charge in [-0.05, 0) is 44.0 Å². The molecule has 64 valence electrons. The van der Waals surface area contributed by atoms with Gasteiger partial charge in [0.1, 0.15) is 0 Å². The Morgan fingerprint density at radius 3 is 2.42 bits per heavy atom. The third-order valence-corrected chi connectivity index (χ3v) is 1.80. The Kier molecular flexibility index (Phi) is 2.48. The predicted octanol–water partition coefficient (Wildman–Crippen LogP) is 2.31. The Hall–Kier alpha value is -1.31. The van der Waals surface area contributed by atoms with Crippen LogP contribution in [0.1, 0.15) is 18.1 Å². The first-order valence-electron chi connectivity index (χ1n) is 3.97. The van der Waals surface area contributed by atoms with Gasteiger partial charge in [0.2, 0.25) is 0 Å². The number of aryl methyl sites for hydroxylation is 2. The van der Waals surface area contributed by atoms with Crippen molar-refractivity contribution in [2.45, 2.75) is 20.8 Å². The second-order valence-corrected chi connectivity index (χ2v) is 3.02. The van der Waals surface area contributed by atoms with Crippen molar-refractivity contribution < 1.29 is 0 Å². The van der Waals surface area contributed by atoms with Gasteiger partial charge in [-0.1, -0.05) is 6.07 Å². The highest BCUT2D eigenvalue weighted by Crippen LogP contribution is 2.16. The lowest BCUT2D eigenvalue weighted by molar-refractivity contribution is 1.32. The smallest absolute Gasteiger partial charge is 0.0964 e. The molecule has 2 N–H and O–H groups in total. The molecule has 1 aromatic carbocycles. The molecule has 0 atom stereocenters. The van der Waals surface area contributed by atoms with Crippen LogP contribution < -0.4 is 5.73 Å². The van der Waals surface area contributed by atoms with Gasteiger partial charge in [-0.15, -0.1) is 0 Å². The van der Waals surface area contributed by atoms with Gasteiger partial charge in [0, 0.05) is 0 Å². The molecule has 0 heterocycles. The minimum atomic E-state index is 0.596. The predicted molar refractivity (Wildman–Crippen MR) is 52.9 cm³/mol. The minimum absolute atomic E-state index is 0.596. The second-order valence-electron chi connectivity index (χ2n) is 3.02. The van der Waals surface area contributed by atoms with Crippen molar-refractivity contribution in [2.75, 3.05) is 0 Å². The number of hydrogen-bond acceptors (Lipinski definition) is 1. The molecular formula is C10H14N2. The topological polar surface area (TPSA) is 38.4 Å². The Balaban J connectivity index is 3.05. The van der Waals surface area contributed by atoms with Gasteiger partial charge in [0.05, 0.1) is 11.5 Å². The van der Waals surface area contributed by atoms with Crippen LogP contribution in [0.4, 0.5) is 5.69 Å². The highest BCUT2D eigenvalue weighted by atomic mass is 14.8. The number of nitrogens with two attached hydrogens (primary N) is 1. The van der Waals surface area contributed by atoms with E-state index in [1.165, 1.54) is 11.1 Å². The quantitative estimate of drug-likeness (QED) is 0.499. The maximum absolute atomic E-state index is 5.46. The number of nitrogens with zero attached hydrogens (tertiary/aromatic N) is 1. The molecule has 0 aliphatic heterocycles. The Labute approximate surface area is 73.1 Å². The number of amidine groups is 1. The van der Waals surface area contributed by atoms with Gasteiger partial charge in [0.25, 0.3) is 0 Å². The second kappa shape index (κ2) is 3.39. The van der Waals surface area contributed by atoms with E-state index in [0.29, 0.717) is 5.84 Å². The fourth-order valence-electron chi connectivity index (χ4n) is 0.999. The third-order valence-electron chi connectivity index (χ3n) is 1.80. The van der Waals surface area contributed by atoms with Crippen LogP contribution in [-0.2, 0) is 0 Å². The molecule has 0 spiro atoms. The average molecular weight is 162 g/mol. The molecule has 0 fully saturated rings. The van der Waals surface area contributed by atoms with Crippen LogP contribution in [0.15, 0.2) is 23.2 Å². The average Bonchev–Trinajstić information content (AvgIpc) is 1.96. The number of rotatable bonds is 1. The summed E-state index contributed by atoms with van der Waals surface area (Å²) in [4.78, 5) is 4.16. The fourth-order valence-corrected chi connectivity index (χ4v) is 0.999. The summed E-state index contributed by atoms with van der Waals surface area (Å²) in [6, 6.07) is 6.06. The first-order valence-corrected chi connectivity index (χ1v) is 3.97. The minimum Gasteiger partial charge on any atom is -0.387 e. The molecule has 0 aliphatic carbocycles. The van der Waals surface area contributed by atoms with Crippen LogP contribution in [0.5, 0.6) is 0 Å². The first kappa shape index (κ1) is 8.78. The lowest BCUT2D eigenvalue weighted by Gasteiger charge is -2.00. The van der Waals surface area contributed by atoms with Crippen LogP contribution in [0.2, 0.25) is 0 Å². The van der Waals surface area contributed by atoms with Gasteiger partial charge in [-0.3, -0.25) is 0 Å². The zero-order chi connectivity index (χ0) is 9.14. The van der Waals surface area contributed by atoms with E-state index in [-0.39, 0.29) is 0 Å². The molecule has 2 nitrogen and oxygen atoms in total. The molecule has 0 saturated carbocycles. The standard InChI is InChI=1S/C10H14N2/c1-7-4-5-10(6-8(7)2)12-9(3)11/h4-6H,1-3H3,(H2,11,12). The molecule has 0 bridgehead atoms. The van der Waals surface area contributed by atoms with E-state index in [4.69, 9.17) is 5.73 Å². The summed E-state index contributed by atoms with van der Waals surface area (Å²) in [7, 11) is 0. The van der Waals surface area contributed by atoms with E-state index in [9.17, 15) is 0 Å². The van der Waals surface area contributed by atoms with Gasteiger partial charge in [-0.2, -0.15) is 0 Å². The maximum atomic E-state index is 5.46. The van der Waals surface area contributed by atoms with E-state index in [1.807, 2.05) is 12.1 Å². The molecule has 0 amide bonds. The van der Waals surface area contributed by atoms with Crippen LogP contribution in [0.25, 0.3) is 0 Å². The van der Waals surface area contributed by atoms with Crippen LogP contribution >= 0.6 is 0 Å². The molecule has 0 aromatic heterocycles. The van der Waals surface area contributed by atoms with Crippen LogP contribution in [0.3, 0.4) is 0 Å². The molecule has 0 unspecified atom stereocenters. The molecule has 2 heteroatoms. The maximum Gasteiger partial charge on any atom is 0.0964 e. The van der Waals surface area contributed by atoms with E-state index >= 15 is 0 Å². The zero-order valence-corrected chi connectivity index (χ0v) is 7.76. The van der Waals surface area contributed by atoms with Crippen molar-refractivity contribution in [3.63, 3.8) is 0 Å². The van der Waals surface area contributed by atoms with E-state index in [0.717, 1.165) is 5.69 Å². The molecule has 1 aromatic rings. The Bertz CT molecular complexity index is 310. The van der Waals surface area contributed by atoms with Crippen LogP contribution in [-0.4, -0.2) is 5.84 Å². The third kappa shape index (κ3) is 2.09. The summed E-state index contributed by atoms with van der Waals surface area (Å²) in [5, 5.41) is 0. The lowest BCUT2D eigenvalue weighted by atomic mass is 10.1. The largest absolute Gasteiger partial charge is 0.387 e. The van der Waals surface area contributed by atoms with Gasteiger partial charge in [0.15, 0.2) is 0 Å². The summed E-state index contributed by atoms with van der Waals surface area (Å²) in [5.41, 5.74) is 8.92. The number of hydrogen-bond donors (Lipinski definition) is 1. The highest BCUT2D eigenvalue weighted by molar-refractivity contribution is 5.80. The Morgan fingerprint density at radius 1 is 1.25 bits per heavy atom. The van der Waals surface area contributed by atoms with Crippen LogP contribution in [0, 0.1) is 13.8 Å². The summed E-state index contributed by atoms with van der Waals surface area (Å²) in [6.45, 7) is 5.94. The van der Waals surface area contributed by atoms with Crippen molar-refractivity contribution >= 4 is 11.5 Å². The fraction of sp³-hybridized carbons (Fsp3) is 0.300. The van der Waals surface area contributed by atoms with Crippen molar-refractivity contribution in [1.29, 1.82) is 0 Å². The monoisotopic (exact) mass is 162 g/mol. The molecular weight excluding hydrogens is 148 g/mol. The van der Waals surface area contributed by atoms with Crippen molar-refractivity contribution in [2.24, 2.45) is 10.7 Å². The first-order chi connectivity index (χ1) is 5.59. The molecule has 0 radical (unpaired) electrons. The van der Waals surface area contributed by atoms with Crippen molar-refractivity contribution in [1.82, 2.24) is 0 Å². The van der Waals surface area contributed by atoms with Crippen molar-refractivity contribution in [3.8, 4) is 0 Å². The molecule has 1 rings (SSSR count). The van der Waals surface area contributed by atoms with Gasteiger partial charge < -0.3 is 5.73 Å². The van der Waals surface area contributed by atoms with E-state index in [1.54, 1.807) is 6.92 Å². The summed E-state index contributed by atoms with van der Waals surface area (Å²) in [5.74, 6) is 0.596. The van der Waals surface area contributed by atoms with Gasteiger partial charge in [-0.25, -0.2) is 4.99 Å². The van der Waals surface area contributed by atoms with E-state index in [2.05, 4.69) is 24.9 Å². The zero-order valence-electron chi connectivity index (χ0n) is 7.76. The van der Waals surface area contributed by atoms with Gasteiger partial charge >= 0.3 is 0 Å². The number of benzene rings is 1. The number of aliphatic imine (C=N–C) groups is 1. The summed E-state index contributed by atoms with van der Waals surface area (Å²) in [6.07, 6.45) is 0. The molecule has 0 saturated heterocycles. The molecule has 0 aliphatic rings. The highest BCUT2D eigenvalue weighted by Gasteiger charge is 1.93. The van der Waals surface area contributed by atoms with Crippen molar-refractivity contribution in [3.05, 3.63) is 29.3 Å². The Morgan fingerprint density at radius 2 is 1.92 bits per heavy atom. The summed E-state index contributed by atoms with van der Waals surface area (Å²) < 4.78 is 0. The lowest BCUT2D eigenvalue weighted by Crippen LogP contribution is -2.03.